The lowest BCUT2D eigenvalue weighted by Crippen LogP contribution is -1.95. The lowest BCUT2D eigenvalue weighted by Gasteiger charge is -2.07. The fourth-order valence-electron chi connectivity index (χ4n) is 2.35. The summed E-state index contributed by atoms with van der Waals surface area (Å²) in [6, 6.07) is 1.92. The molecule has 2 N–H and O–H groups in total. The molecule has 1 aliphatic rings. The van der Waals surface area contributed by atoms with Gasteiger partial charge in [0.05, 0.1) is 0 Å². The van der Waals surface area contributed by atoms with Gasteiger partial charge < -0.3 is 10.2 Å². The molecule has 2 aromatic carbocycles. The van der Waals surface area contributed by atoms with Crippen LogP contribution >= 0.6 is 0 Å². The van der Waals surface area contributed by atoms with E-state index in [9.17, 15) is 27.8 Å². The van der Waals surface area contributed by atoms with Crippen molar-refractivity contribution in [1.82, 2.24) is 0 Å². The molecule has 98 valence electrons. The van der Waals surface area contributed by atoms with Crippen LogP contribution in [0.25, 0.3) is 11.1 Å². The Hall–Kier alpha value is -2.24. The van der Waals surface area contributed by atoms with E-state index in [2.05, 4.69) is 0 Å². The van der Waals surface area contributed by atoms with Gasteiger partial charge in [0, 0.05) is 11.1 Å². The molecule has 0 fully saturated rings. The first-order chi connectivity index (χ1) is 8.91. The van der Waals surface area contributed by atoms with Gasteiger partial charge in [-0.1, -0.05) is 0 Å². The molecule has 0 atom stereocenters. The second-order valence-corrected chi connectivity index (χ2v) is 4.29. The van der Waals surface area contributed by atoms with E-state index in [0.717, 1.165) is 12.1 Å². The highest BCUT2D eigenvalue weighted by atomic mass is 19.2. The van der Waals surface area contributed by atoms with Gasteiger partial charge in [-0.05, 0) is 29.7 Å². The molecule has 0 spiro atoms. The first-order valence-electron chi connectivity index (χ1n) is 5.31. The number of benzene rings is 2. The summed E-state index contributed by atoms with van der Waals surface area (Å²) in [7, 11) is 0. The molecule has 2 aromatic rings. The van der Waals surface area contributed by atoms with Gasteiger partial charge in [-0.3, -0.25) is 0 Å². The predicted octanol–water partition coefficient (Wildman–Crippen LogP) is 3.23. The van der Waals surface area contributed by atoms with Crippen LogP contribution < -0.4 is 0 Å². The summed E-state index contributed by atoms with van der Waals surface area (Å²) in [4.78, 5) is 0. The summed E-state index contributed by atoms with van der Waals surface area (Å²) < 4.78 is 54.1. The Morgan fingerprint density at radius 2 is 1.05 bits per heavy atom. The number of rotatable bonds is 0. The van der Waals surface area contributed by atoms with Crippen LogP contribution in [0.15, 0.2) is 12.1 Å². The largest absolute Gasteiger partial charge is 0.505 e. The van der Waals surface area contributed by atoms with E-state index in [1.54, 1.807) is 0 Å². The predicted molar refractivity (Wildman–Crippen MR) is 57.8 cm³/mol. The van der Waals surface area contributed by atoms with Crippen LogP contribution in [0, 0.1) is 23.3 Å². The number of hydrogen-bond acceptors (Lipinski definition) is 2. The highest BCUT2D eigenvalue weighted by molar-refractivity contribution is 5.79. The van der Waals surface area contributed by atoms with Crippen LogP contribution in [0.2, 0.25) is 0 Å². The third-order valence-corrected chi connectivity index (χ3v) is 3.17. The molecule has 0 bridgehead atoms. The van der Waals surface area contributed by atoms with E-state index < -0.39 is 45.9 Å². The van der Waals surface area contributed by atoms with Gasteiger partial charge in [0.2, 0.25) is 11.6 Å². The molecular weight excluding hydrogens is 264 g/mol. The van der Waals surface area contributed by atoms with E-state index >= 15 is 0 Å². The number of fused-ring (bicyclic) bond motifs is 3. The Morgan fingerprint density at radius 3 is 1.42 bits per heavy atom. The van der Waals surface area contributed by atoms with E-state index in [1.807, 2.05) is 0 Å². The van der Waals surface area contributed by atoms with Crippen LogP contribution in [0.5, 0.6) is 11.5 Å². The van der Waals surface area contributed by atoms with Crippen molar-refractivity contribution in [2.45, 2.75) is 6.42 Å². The number of hydrogen-bond donors (Lipinski definition) is 2. The van der Waals surface area contributed by atoms with E-state index in [0.29, 0.717) is 0 Å². The molecule has 0 aliphatic heterocycles. The van der Waals surface area contributed by atoms with Crippen molar-refractivity contribution in [2.24, 2.45) is 0 Å². The average Bonchev–Trinajstić information content (AvgIpc) is 2.71. The zero-order valence-electron chi connectivity index (χ0n) is 9.27. The van der Waals surface area contributed by atoms with Crippen molar-refractivity contribution in [3.8, 4) is 22.6 Å². The highest BCUT2D eigenvalue weighted by Crippen LogP contribution is 2.45. The minimum Gasteiger partial charge on any atom is -0.505 e. The third-order valence-electron chi connectivity index (χ3n) is 3.17. The van der Waals surface area contributed by atoms with E-state index in [1.165, 1.54) is 0 Å². The summed E-state index contributed by atoms with van der Waals surface area (Å²) in [6.45, 7) is 0. The Bertz CT molecular complexity index is 664. The first kappa shape index (κ1) is 11.8. The number of halogens is 4. The highest BCUT2D eigenvalue weighted by Gasteiger charge is 2.31. The molecule has 0 saturated carbocycles. The maximum atomic E-state index is 13.8. The Labute approximate surface area is 104 Å². The Morgan fingerprint density at radius 1 is 0.684 bits per heavy atom. The fraction of sp³-hybridized carbons (Fsp3) is 0.0769. The Kier molecular flexibility index (Phi) is 2.26. The molecule has 0 aromatic heterocycles. The molecule has 0 saturated heterocycles. The zero-order valence-corrected chi connectivity index (χ0v) is 9.27. The molecule has 19 heavy (non-hydrogen) atoms. The lowest BCUT2D eigenvalue weighted by atomic mass is 10.0. The van der Waals surface area contributed by atoms with Crippen molar-refractivity contribution in [3.05, 3.63) is 46.5 Å². The number of phenolic OH excluding ortho intramolecular Hbond substituents is 2. The SMILES string of the molecule is Oc1cc2c(c(F)c1F)-c1c(cc(O)c(F)c1F)C2. The van der Waals surface area contributed by atoms with Crippen LogP contribution in [0.3, 0.4) is 0 Å². The minimum absolute atomic E-state index is 0.0276. The zero-order chi connectivity index (χ0) is 13.9. The number of phenols is 2. The van der Waals surface area contributed by atoms with Crippen molar-refractivity contribution >= 4 is 0 Å². The van der Waals surface area contributed by atoms with Crippen LogP contribution in [0.4, 0.5) is 17.6 Å². The summed E-state index contributed by atoms with van der Waals surface area (Å²) in [6.07, 6.45) is -0.0276. The maximum absolute atomic E-state index is 13.8. The topological polar surface area (TPSA) is 40.5 Å². The molecule has 0 radical (unpaired) electrons. The van der Waals surface area contributed by atoms with Gasteiger partial charge in [0.1, 0.15) is 0 Å². The minimum atomic E-state index is -1.51. The van der Waals surface area contributed by atoms with Crippen molar-refractivity contribution < 1.29 is 27.8 Å². The smallest absolute Gasteiger partial charge is 0.201 e. The summed E-state index contributed by atoms with van der Waals surface area (Å²) in [5.74, 6) is -7.68. The van der Waals surface area contributed by atoms with Crippen LogP contribution in [-0.4, -0.2) is 10.2 Å². The van der Waals surface area contributed by atoms with Gasteiger partial charge >= 0.3 is 0 Å². The molecule has 1 aliphatic carbocycles. The van der Waals surface area contributed by atoms with Crippen molar-refractivity contribution in [3.63, 3.8) is 0 Å². The van der Waals surface area contributed by atoms with Gasteiger partial charge in [-0.25, -0.2) is 8.78 Å². The second kappa shape index (κ2) is 3.63. The van der Waals surface area contributed by atoms with E-state index in [4.69, 9.17) is 0 Å². The molecule has 6 heteroatoms. The lowest BCUT2D eigenvalue weighted by molar-refractivity contribution is 0.404. The fourth-order valence-corrected chi connectivity index (χ4v) is 2.35. The van der Waals surface area contributed by atoms with E-state index in [-0.39, 0.29) is 17.5 Å². The molecule has 0 amide bonds. The molecular formula is C13H6F4O2. The van der Waals surface area contributed by atoms with Gasteiger partial charge in [0.25, 0.3) is 0 Å². The summed E-state index contributed by atoms with van der Waals surface area (Å²) in [5, 5.41) is 18.4. The standard InChI is InChI=1S/C13H6F4O2/c14-10-6(18)2-4-1-5-3-7(19)11(15)13(17)9(5)8(4)12(10)16/h2-3,18-19H,1H2. The van der Waals surface area contributed by atoms with Gasteiger partial charge in [-0.15, -0.1) is 0 Å². The second-order valence-electron chi connectivity index (χ2n) is 4.29. The third kappa shape index (κ3) is 1.43. The monoisotopic (exact) mass is 270 g/mol. The first-order valence-corrected chi connectivity index (χ1v) is 5.31. The summed E-state index contributed by atoms with van der Waals surface area (Å²) >= 11 is 0. The molecule has 0 heterocycles. The maximum Gasteiger partial charge on any atom is 0.201 e. The molecule has 3 rings (SSSR count). The van der Waals surface area contributed by atoms with Crippen LogP contribution in [-0.2, 0) is 6.42 Å². The molecule has 2 nitrogen and oxygen atoms in total. The van der Waals surface area contributed by atoms with Crippen molar-refractivity contribution in [2.75, 3.05) is 0 Å². The van der Waals surface area contributed by atoms with Gasteiger partial charge in [0.15, 0.2) is 23.1 Å². The van der Waals surface area contributed by atoms with Gasteiger partial charge in [-0.2, -0.15) is 8.78 Å². The number of aromatic hydroxyl groups is 2. The quantitative estimate of drug-likeness (QED) is 0.616. The Balaban J connectivity index is 2.40. The molecule has 0 unspecified atom stereocenters. The summed E-state index contributed by atoms with van der Waals surface area (Å²) in [5.41, 5.74) is -0.561. The average molecular weight is 270 g/mol. The normalized spacial score (nSPS) is 12.4. The van der Waals surface area contributed by atoms with Crippen LogP contribution in [0.1, 0.15) is 11.1 Å². The van der Waals surface area contributed by atoms with Crippen molar-refractivity contribution in [1.29, 1.82) is 0 Å².